The Morgan fingerprint density at radius 3 is 2.33 bits per heavy atom. The van der Waals surface area contributed by atoms with Crippen LogP contribution in [0.4, 0.5) is 0 Å². The Balaban J connectivity index is 1.77. The number of rotatable bonds is 10. The number of benzene rings is 3. The third-order valence-corrected chi connectivity index (χ3v) is 7.32. The van der Waals surface area contributed by atoms with Gasteiger partial charge in [0.1, 0.15) is 5.75 Å². The van der Waals surface area contributed by atoms with Crippen LogP contribution in [-0.2, 0) is 27.8 Å². The number of carbonyl (C=O) groups is 1. The fourth-order valence-corrected chi connectivity index (χ4v) is 5.01. The van der Waals surface area contributed by atoms with E-state index >= 15 is 0 Å². The van der Waals surface area contributed by atoms with Crippen molar-refractivity contribution in [2.24, 2.45) is 0 Å². The van der Waals surface area contributed by atoms with Gasteiger partial charge in [0.05, 0.1) is 23.6 Å². The maximum absolute atomic E-state index is 13.4. The molecular weight excluding hydrogens is 460 g/mol. The second-order valence-corrected chi connectivity index (χ2v) is 9.98. The number of nitrogens with one attached hydrogen (secondary N) is 1. The fourth-order valence-electron chi connectivity index (χ4n) is 3.26. The van der Waals surface area contributed by atoms with Gasteiger partial charge in [0.25, 0.3) is 0 Å². The third kappa shape index (κ3) is 6.81. The Hall–Kier alpha value is -2.87. The highest BCUT2D eigenvalue weighted by Gasteiger charge is 2.27. The number of methoxy groups -OCH3 is 1. The van der Waals surface area contributed by atoms with Crippen molar-refractivity contribution < 1.29 is 17.9 Å². The van der Waals surface area contributed by atoms with E-state index in [0.717, 1.165) is 16.7 Å². The average molecular weight is 487 g/mol. The summed E-state index contributed by atoms with van der Waals surface area (Å²) in [5.74, 6) is -0.00545. The Morgan fingerprint density at radius 1 is 1.00 bits per heavy atom. The lowest BCUT2D eigenvalue weighted by molar-refractivity contribution is -0.121. The summed E-state index contributed by atoms with van der Waals surface area (Å²) < 4.78 is 33.1. The number of ether oxygens (including phenoxy) is 1. The first-order valence-corrected chi connectivity index (χ1v) is 12.3. The molecule has 0 unspecified atom stereocenters. The number of sulfonamides is 1. The summed E-state index contributed by atoms with van der Waals surface area (Å²) in [4.78, 5) is 12.7. The summed E-state index contributed by atoms with van der Waals surface area (Å²) in [6.45, 7) is 2.15. The number of hydrogen-bond acceptors (Lipinski definition) is 4. The number of nitrogens with zero attached hydrogens (tertiary/aromatic N) is 1. The molecule has 0 aliphatic heterocycles. The zero-order valence-corrected chi connectivity index (χ0v) is 20.2. The highest BCUT2D eigenvalue weighted by atomic mass is 35.5. The van der Waals surface area contributed by atoms with Gasteiger partial charge in [0.2, 0.25) is 15.9 Å². The predicted molar refractivity (Wildman–Crippen MR) is 130 cm³/mol. The molecule has 0 saturated heterocycles. The Morgan fingerprint density at radius 2 is 1.70 bits per heavy atom. The average Bonchev–Trinajstić information content (AvgIpc) is 2.81. The van der Waals surface area contributed by atoms with E-state index in [4.69, 9.17) is 16.3 Å². The summed E-state index contributed by atoms with van der Waals surface area (Å²) >= 11 is 6.16. The molecule has 0 aliphatic carbocycles. The molecule has 3 rings (SSSR count). The molecule has 0 saturated carbocycles. The third-order valence-electron chi connectivity index (χ3n) is 5.18. The van der Waals surface area contributed by atoms with Gasteiger partial charge in [-0.2, -0.15) is 4.31 Å². The van der Waals surface area contributed by atoms with Crippen LogP contribution < -0.4 is 10.1 Å². The first-order chi connectivity index (χ1) is 15.8. The molecule has 0 heterocycles. The Kier molecular flexibility index (Phi) is 8.49. The topological polar surface area (TPSA) is 75.7 Å². The van der Waals surface area contributed by atoms with Gasteiger partial charge in [-0.05, 0) is 42.7 Å². The van der Waals surface area contributed by atoms with Crippen LogP contribution >= 0.6 is 11.6 Å². The summed E-state index contributed by atoms with van der Waals surface area (Å²) in [5.41, 5.74) is 3.04. The van der Waals surface area contributed by atoms with Crippen LogP contribution in [0.1, 0.15) is 16.7 Å². The summed E-state index contributed by atoms with van der Waals surface area (Å²) in [6, 6.07) is 21.6. The number of amides is 1. The number of carbonyl (C=O) groups excluding carboxylic acids is 1. The molecule has 1 N–H and O–H groups in total. The molecule has 0 bridgehead atoms. The lowest BCUT2D eigenvalue weighted by Gasteiger charge is -2.22. The smallest absolute Gasteiger partial charge is 0.243 e. The van der Waals surface area contributed by atoms with Crippen molar-refractivity contribution in [3.05, 3.63) is 94.5 Å². The largest absolute Gasteiger partial charge is 0.495 e. The summed E-state index contributed by atoms with van der Waals surface area (Å²) in [6.07, 6.45) is 0.467. The zero-order chi connectivity index (χ0) is 23.8. The molecule has 33 heavy (non-hydrogen) atoms. The zero-order valence-electron chi connectivity index (χ0n) is 18.6. The van der Waals surface area contributed by atoms with Crippen molar-refractivity contribution in [3.8, 4) is 5.75 Å². The van der Waals surface area contributed by atoms with Gasteiger partial charge >= 0.3 is 0 Å². The molecule has 174 valence electrons. The summed E-state index contributed by atoms with van der Waals surface area (Å²) in [7, 11) is -2.51. The van der Waals surface area contributed by atoms with Crippen LogP contribution in [0.2, 0.25) is 5.02 Å². The molecule has 8 heteroatoms. The van der Waals surface area contributed by atoms with E-state index in [1.807, 2.05) is 61.5 Å². The van der Waals surface area contributed by atoms with E-state index in [2.05, 4.69) is 5.32 Å². The van der Waals surface area contributed by atoms with Gasteiger partial charge in [0, 0.05) is 13.1 Å². The maximum atomic E-state index is 13.4. The number of hydrogen-bond donors (Lipinski definition) is 1. The molecule has 0 atom stereocenters. The van der Waals surface area contributed by atoms with Crippen LogP contribution in [-0.4, -0.2) is 38.8 Å². The van der Waals surface area contributed by atoms with E-state index in [0.29, 0.717) is 18.7 Å². The van der Waals surface area contributed by atoms with E-state index < -0.39 is 10.0 Å². The minimum atomic E-state index is -3.97. The van der Waals surface area contributed by atoms with Crippen LogP contribution in [0.3, 0.4) is 0 Å². The lowest BCUT2D eigenvalue weighted by Crippen LogP contribution is -2.41. The molecular formula is C25H27ClN2O4S. The lowest BCUT2D eigenvalue weighted by atomic mass is 10.1. The van der Waals surface area contributed by atoms with Gasteiger partial charge < -0.3 is 10.1 Å². The second-order valence-electron chi connectivity index (χ2n) is 7.63. The van der Waals surface area contributed by atoms with Crippen LogP contribution in [0.25, 0.3) is 0 Å². The monoisotopic (exact) mass is 486 g/mol. The van der Waals surface area contributed by atoms with Gasteiger partial charge in [-0.15, -0.1) is 0 Å². The number of halogens is 1. The van der Waals surface area contributed by atoms with Gasteiger partial charge in [-0.1, -0.05) is 71.8 Å². The molecule has 0 fully saturated rings. The van der Waals surface area contributed by atoms with E-state index in [1.165, 1.54) is 29.6 Å². The Bertz CT molecular complexity index is 1180. The van der Waals surface area contributed by atoms with E-state index in [-0.39, 0.29) is 28.9 Å². The number of aryl methyl sites for hydroxylation is 1. The highest BCUT2D eigenvalue weighted by molar-refractivity contribution is 7.89. The van der Waals surface area contributed by atoms with Crippen molar-refractivity contribution >= 4 is 27.5 Å². The van der Waals surface area contributed by atoms with Crippen LogP contribution in [0, 0.1) is 6.92 Å². The van der Waals surface area contributed by atoms with Crippen molar-refractivity contribution in [2.75, 3.05) is 20.2 Å². The maximum Gasteiger partial charge on any atom is 0.243 e. The molecule has 0 radical (unpaired) electrons. The summed E-state index contributed by atoms with van der Waals surface area (Å²) in [5, 5.41) is 2.99. The Labute approximate surface area is 200 Å². The second kappa shape index (κ2) is 11.3. The molecule has 0 aliphatic rings. The molecule has 3 aromatic rings. The first-order valence-electron chi connectivity index (χ1n) is 10.5. The van der Waals surface area contributed by atoms with Crippen LogP contribution in [0.15, 0.2) is 77.7 Å². The fraction of sp³-hybridized carbons (Fsp3) is 0.240. The minimum absolute atomic E-state index is 0.00713. The van der Waals surface area contributed by atoms with Crippen molar-refractivity contribution in [2.45, 2.75) is 24.8 Å². The van der Waals surface area contributed by atoms with Gasteiger partial charge in [0.15, 0.2) is 0 Å². The van der Waals surface area contributed by atoms with Crippen molar-refractivity contribution in [1.82, 2.24) is 9.62 Å². The SMILES string of the molecule is COc1ccc(S(=O)(=O)N(CCc2ccccc2)CC(=O)NCc2ccc(C)cc2)cc1Cl. The molecule has 6 nitrogen and oxygen atoms in total. The van der Waals surface area contributed by atoms with Gasteiger partial charge in [-0.25, -0.2) is 8.42 Å². The van der Waals surface area contributed by atoms with Crippen molar-refractivity contribution in [1.29, 1.82) is 0 Å². The normalized spacial score (nSPS) is 11.4. The van der Waals surface area contributed by atoms with E-state index in [9.17, 15) is 13.2 Å². The van der Waals surface area contributed by atoms with Crippen molar-refractivity contribution in [3.63, 3.8) is 0 Å². The quantitative estimate of drug-likeness (QED) is 0.466. The molecule has 0 spiro atoms. The van der Waals surface area contributed by atoms with Gasteiger partial charge in [-0.3, -0.25) is 4.79 Å². The predicted octanol–water partition coefficient (Wildman–Crippen LogP) is 4.21. The highest BCUT2D eigenvalue weighted by Crippen LogP contribution is 2.28. The first kappa shape index (κ1) is 24.8. The van der Waals surface area contributed by atoms with Crippen LogP contribution in [0.5, 0.6) is 5.75 Å². The molecule has 3 aromatic carbocycles. The molecule has 1 amide bonds. The van der Waals surface area contributed by atoms with E-state index in [1.54, 1.807) is 0 Å². The molecule has 0 aromatic heterocycles. The minimum Gasteiger partial charge on any atom is -0.495 e. The standard InChI is InChI=1S/C25H27ClN2O4S/c1-19-8-10-21(11-9-19)17-27-25(29)18-28(15-14-20-6-4-3-5-7-20)33(30,31)22-12-13-24(32-2)23(26)16-22/h3-13,16H,14-15,17-18H2,1-2H3,(H,27,29).